The summed E-state index contributed by atoms with van der Waals surface area (Å²) in [4.78, 5) is 33.1. The van der Waals surface area contributed by atoms with Gasteiger partial charge in [-0.3, -0.25) is 9.48 Å². The van der Waals surface area contributed by atoms with Gasteiger partial charge in [0.1, 0.15) is 11.4 Å². The molecule has 2 aliphatic rings. The molecule has 0 unspecified atom stereocenters. The Labute approximate surface area is 162 Å². The number of hydrogen-bond acceptors (Lipinski definition) is 7. The quantitative estimate of drug-likeness (QED) is 0.724. The average molecular weight is 385 g/mol. The van der Waals surface area contributed by atoms with E-state index in [2.05, 4.69) is 10.1 Å². The standard InChI is InChI=1S/C19H23N5O4/c1-2-28-19(26)15-4-3-5-20-17(15)23-6-7-24-14(13-23)12-16(21-24)18(25)22-8-10-27-11-9-22/h3-5,12H,2,6-11,13H2,1H3. The first-order valence-electron chi connectivity index (χ1n) is 9.48. The van der Waals surface area contributed by atoms with E-state index in [-0.39, 0.29) is 11.9 Å². The van der Waals surface area contributed by atoms with Gasteiger partial charge in [-0.25, -0.2) is 9.78 Å². The lowest BCUT2D eigenvalue weighted by atomic mass is 10.2. The molecule has 0 aliphatic carbocycles. The summed E-state index contributed by atoms with van der Waals surface area (Å²) in [7, 11) is 0. The Bertz CT molecular complexity index is 875. The van der Waals surface area contributed by atoms with Crippen LogP contribution in [0.1, 0.15) is 33.5 Å². The number of anilines is 1. The number of ether oxygens (including phenoxy) is 2. The first-order chi connectivity index (χ1) is 13.7. The normalized spacial score (nSPS) is 16.6. The summed E-state index contributed by atoms with van der Waals surface area (Å²) in [5.74, 6) is 0.143. The number of nitrogens with zero attached hydrogens (tertiary/aromatic N) is 5. The Morgan fingerprint density at radius 1 is 1.21 bits per heavy atom. The van der Waals surface area contributed by atoms with Crippen molar-refractivity contribution in [2.75, 3.05) is 44.4 Å². The van der Waals surface area contributed by atoms with Crippen LogP contribution in [-0.4, -0.2) is 71.0 Å². The topological polar surface area (TPSA) is 89.8 Å². The minimum atomic E-state index is -0.382. The van der Waals surface area contributed by atoms with E-state index in [1.54, 1.807) is 30.2 Å². The molecule has 0 atom stereocenters. The lowest BCUT2D eigenvalue weighted by Gasteiger charge is -2.29. The van der Waals surface area contributed by atoms with Crippen LogP contribution in [-0.2, 0) is 22.6 Å². The third-order valence-electron chi connectivity index (χ3n) is 4.90. The van der Waals surface area contributed by atoms with E-state index in [4.69, 9.17) is 9.47 Å². The van der Waals surface area contributed by atoms with Gasteiger partial charge >= 0.3 is 5.97 Å². The predicted octanol–water partition coefficient (Wildman–Crippen LogP) is 0.947. The third-order valence-corrected chi connectivity index (χ3v) is 4.90. The minimum absolute atomic E-state index is 0.0678. The van der Waals surface area contributed by atoms with Crippen molar-refractivity contribution in [3.05, 3.63) is 41.3 Å². The van der Waals surface area contributed by atoms with Crippen molar-refractivity contribution in [3.63, 3.8) is 0 Å². The number of amides is 1. The van der Waals surface area contributed by atoms with E-state index in [1.807, 2.05) is 15.6 Å². The molecule has 9 heteroatoms. The summed E-state index contributed by atoms with van der Waals surface area (Å²) in [5, 5.41) is 4.49. The molecule has 2 aliphatic heterocycles. The van der Waals surface area contributed by atoms with E-state index >= 15 is 0 Å². The molecule has 0 aromatic carbocycles. The molecule has 0 spiro atoms. The van der Waals surface area contributed by atoms with Crippen LogP contribution in [0, 0.1) is 0 Å². The van der Waals surface area contributed by atoms with Gasteiger partial charge in [-0.05, 0) is 25.1 Å². The highest BCUT2D eigenvalue weighted by atomic mass is 16.5. The van der Waals surface area contributed by atoms with E-state index in [9.17, 15) is 9.59 Å². The van der Waals surface area contributed by atoms with Crippen molar-refractivity contribution in [1.29, 1.82) is 0 Å². The molecule has 1 amide bonds. The summed E-state index contributed by atoms with van der Waals surface area (Å²) in [5.41, 5.74) is 1.82. The van der Waals surface area contributed by atoms with Crippen molar-refractivity contribution in [2.45, 2.75) is 20.0 Å². The highest BCUT2D eigenvalue weighted by Crippen LogP contribution is 2.24. The van der Waals surface area contributed by atoms with Crippen LogP contribution in [0.4, 0.5) is 5.82 Å². The Morgan fingerprint density at radius 3 is 2.82 bits per heavy atom. The summed E-state index contributed by atoms with van der Waals surface area (Å²) >= 11 is 0. The van der Waals surface area contributed by atoms with Gasteiger partial charge in [-0.2, -0.15) is 5.10 Å². The zero-order chi connectivity index (χ0) is 19.5. The van der Waals surface area contributed by atoms with Crippen LogP contribution < -0.4 is 4.90 Å². The molecule has 0 radical (unpaired) electrons. The molecule has 4 rings (SSSR count). The highest BCUT2D eigenvalue weighted by molar-refractivity contribution is 5.95. The SMILES string of the molecule is CCOC(=O)c1cccnc1N1CCn2nc(C(=O)N3CCOCC3)cc2C1. The van der Waals surface area contributed by atoms with E-state index in [0.29, 0.717) is 69.6 Å². The highest BCUT2D eigenvalue weighted by Gasteiger charge is 2.27. The van der Waals surface area contributed by atoms with Crippen molar-refractivity contribution in [1.82, 2.24) is 19.7 Å². The molecule has 9 nitrogen and oxygen atoms in total. The molecular formula is C19H23N5O4. The number of hydrogen-bond donors (Lipinski definition) is 0. The fourth-order valence-corrected chi connectivity index (χ4v) is 3.50. The summed E-state index contributed by atoms with van der Waals surface area (Å²) in [6.07, 6.45) is 1.66. The van der Waals surface area contributed by atoms with Gasteiger partial charge in [0.05, 0.1) is 38.6 Å². The smallest absolute Gasteiger partial charge is 0.341 e. The Hall–Kier alpha value is -2.94. The number of rotatable bonds is 4. The van der Waals surface area contributed by atoms with Gasteiger partial charge < -0.3 is 19.3 Å². The molecule has 28 heavy (non-hydrogen) atoms. The number of morpholine rings is 1. The maximum absolute atomic E-state index is 12.7. The van der Waals surface area contributed by atoms with Gasteiger partial charge in [0.25, 0.3) is 5.91 Å². The first kappa shape index (κ1) is 18.4. The van der Waals surface area contributed by atoms with Crippen molar-refractivity contribution in [2.24, 2.45) is 0 Å². The van der Waals surface area contributed by atoms with E-state index in [0.717, 1.165) is 5.69 Å². The van der Waals surface area contributed by atoms with Crippen molar-refractivity contribution in [3.8, 4) is 0 Å². The number of carbonyl (C=O) groups excluding carboxylic acids is 2. The molecular weight excluding hydrogens is 362 g/mol. The average Bonchev–Trinajstić information content (AvgIpc) is 3.17. The van der Waals surface area contributed by atoms with Gasteiger partial charge in [-0.15, -0.1) is 0 Å². The minimum Gasteiger partial charge on any atom is -0.462 e. The Kier molecular flexibility index (Phi) is 5.25. The Morgan fingerprint density at radius 2 is 2.04 bits per heavy atom. The zero-order valence-electron chi connectivity index (χ0n) is 15.8. The van der Waals surface area contributed by atoms with Crippen LogP contribution >= 0.6 is 0 Å². The Balaban J connectivity index is 1.54. The van der Waals surface area contributed by atoms with E-state index < -0.39 is 0 Å². The second kappa shape index (κ2) is 7.97. The second-order valence-corrected chi connectivity index (χ2v) is 6.67. The summed E-state index contributed by atoms with van der Waals surface area (Å²) in [6.45, 7) is 6.16. The zero-order valence-corrected chi connectivity index (χ0v) is 15.8. The van der Waals surface area contributed by atoms with Gasteiger partial charge in [-0.1, -0.05) is 0 Å². The maximum atomic E-state index is 12.7. The predicted molar refractivity (Wildman–Crippen MR) is 100 cm³/mol. The molecule has 148 valence electrons. The summed E-state index contributed by atoms with van der Waals surface area (Å²) < 4.78 is 12.3. The van der Waals surface area contributed by atoms with Gasteiger partial charge in [0.15, 0.2) is 5.69 Å². The molecule has 4 heterocycles. The molecule has 1 fully saturated rings. The van der Waals surface area contributed by atoms with Gasteiger partial charge in [0.2, 0.25) is 0 Å². The van der Waals surface area contributed by atoms with Gasteiger partial charge in [0, 0.05) is 25.8 Å². The molecule has 0 bridgehead atoms. The third kappa shape index (κ3) is 3.57. The fraction of sp³-hybridized carbons (Fsp3) is 0.474. The molecule has 2 aromatic rings. The van der Waals surface area contributed by atoms with Crippen molar-refractivity contribution >= 4 is 17.7 Å². The molecule has 2 aromatic heterocycles. The largest absolute Gasteiger partial charge is 0.462 e. The van der Waals surface area contributed by atoms with E-state index in [1.165, 1.54) is 0 Å². The van der Waals surface area contributed by atoms with Crippen LogP contribution in [0.25, 0.3) is 0 Å². The number of carbonyl (C=O) groups is 2. The molecule has 0 N–H and O–H groups in total. The number of fused-ring (bicyclic) bond motifs is 1. The lowest BCUT2D eigenvalue weighted by molar-refractivity contribution is 0.0298. The van der Waals surface area contributed by atoms with Crippen LogP contribution in [0.2, 0.25) is 0 Å². The summed E-state index contributed by atoms with van der Waals surface area (Å²) in [6, 6.07) is 5.28. The first-order valence-corrected chi connectivity index (χ1v) is 9.48. The number of esters is 1. The second-order valence-electron chi connectivity index (χ2n) is 6.67. The van der Waals surface area contributed by atoms with Crippen molar-refractivity contribution < 1.29 is 19.1 Å². The van der Waals surface area contributed by atoms with Crippen LogP contribution in [0.5, 0.6) is 0 Å². The lowest BCUT2D eigenvalue weighted by Crippen LogP contribution is -2.40. The van der Waals surface area contributed by atoms with Crippen LogP contribution in [0.15, 0.2) is 24.4 Å². The van der Waals surface area contributed by atoms with Crippen LogP contribution in [0.3, 0.4) is 0 Å². The molecule has 0 saturated carbocycles. The molecule has 1 saturated heterocycles. The number of pyridine rings is 1. The number of aromatic nitrogens is 3. The monoisotopic (exact) mass is 385 g/mol. The fourth-order valence-electron chi connectivity index (χ4n) is 3.50. The maximum Gasteiger partial charge on any atom is 0.341 e.